The fraction of sp³-hybridized carbons (Fsp3) is 0.538. The van der Waals surface area contributed by atoms with E-state index in [0.29, 0.717) is 6.54 Å². The summed E-state index contributed by atoms with van der Waals surface area (Å²) in [5.74, 6) is 0. The summed E-state index contributed by atoms with van der Waals surface area (Å²) in [4.78, 5) is 0. The monoisotopic (exact) mass is 239 g/mol. The fourth-order valence-corrected chi connectivity index (χ4v) is 2.73. The molecule has 1 aromatic rings. The molecule has 0 bridgehead atoms. The molecule has 0 aromatic heterocycles. The van der Waals surface area contributed by atoms with Crippen molar-refractivity contribution >= 4 is 11.6 Å². The van der Waals surface area contributed by atoms with Gasteiger partial charge < -0.3 is 10.5 Å². The van der Waals surface area contributed by atoms with E-state index in [1.165, 1.54) is 5.56 Å². The van der Waals surface area contributed by atoms with Gasteiger partial charge in [-0.3, -0.25) is 0 Å². The second-order valence-electron chi connectivity index (χ2n) is 4.44. The van der Waals surface area contributed by atoms with Gasteiger partial charge in [0.25, 0.3) is 0 Å². The number of nitrogens with two attached hydrogens (primary N) is 1. The predicted octanol–water partition coefficient (Wildman–Crippen LogP) is 2.74. The van der Waals surface area contributed by atoms with Crippen LogP contribution >= 0.6 is 11.6 Å². The predicted molar refractivity (Wildman–Crippen MR) is 66.9 cm³/mol. The normalized spacial score (nSPS) is 19.6. The third-order valence-electron chi connectivity index (χ3n) is 3.51. The summed E-state index contributed by atoms with van der Waals surface area (Å²) in [5, 5.41) is 0.806. The Morgan fingerprint density at radius 2 is 2.06 bits per heavy atom. The van der Waals surface area contributed by atoms with E-state index in [-0.39, 0.29) is 5.41 Å². The van der Waals surface area contributed by atoms with Crippen LogP contribution in [0.2, 0.25) is 5.02 Å². The Morgan fingerprint density at radius 1 is 1.31 bits per heavy atom. The van der Waals surface area contributed by atoms with Gasteiger partial charge in [0.2, 0.25) is 0 Å². The van der Waals surface area contributed by atoms with E-state index < -0.39 is 0 Å². The number of hydrogen-bond donors (Lipinski definition) is 1. The van der Waals surface area contributed by atoms with Crippen molar-refractivity contribution in [2.75, 3.05) is 19.8 Å². The first-order chi connectivity index (χ1) is 7.77. The van der Waals surface area contributed by atoms with Crippen LogP contribution in [-0.4, -0.2) is 19.8 Å². The summed E-state index contributed by atoms with van der Waals surface area (Å²) in [6, 6.07) is 8.17. The molecule has 0 saturated carbocycles. The summed E-state index contributed by atoms with van der Waals surface area (Å²) in [7, 11) is 0. The summed E-state index contributed by atoms with van der Waals surface area (Å²) in [6.45, 7) is 2.37. The molecule has 1 aliphatic rings. The van der Waals surface area contributed by atoms with Crippen LogP contribution in [0.25, 0.3) is 0 Å². The SMILES string of the molecule is NCCC1(c2cccc(Cl)c2)CCOCC1. The number of ether oxygens (including phenoxy) is 1. The average Bonchev–Trinajstić information content (AvgIpc) is 2.31. The van der Waals surface area contributed by atoms with Gasteiger partial charge in [0, 0.05) is 23.7 Å². The molecule has 2 N–H and O–H groups in total. The van der Waals surface area contributed by atoms with Gasteiger partial charge in [-0.15, -0.1) is 0 Å². The van der Waals surface area contributed by atoms with Crippen molar-refractivity contribution < 1.29 is 4.74 Å². The molecule has 3 heteroatoms. The van der Waals surface area contributed by atoms with Gasteiger partial charge in [-0.2, -0.15) is 0 Å². The molecule has 2 nitrogen and oxygen atoms in total. The molecule has 1 fully saturated rings. The maximum absolute atomic E-state index is 6.06. The van der Waals surface area contributed by atoms with Crippen molar-refractivity contribution in [1.29, 1.82) is 0 Å². The maximum atomic E-state index is 6.06. The van der Waals surface area contributed by atoms with Crippen molar-refractivity contribution in [3.05, 3.63) is 34.9 Å². The van der Waals surface area contributed by atoms with Crippen LogP contribution in [0.1, 0.15) is 24.8 Å². The highest BCUT2D eigenvalue weighted by Gasteiger charge is 2.33. The van der Waals surface area contributed by atoms with E-state index in [1.54, 1.807) is 0 Å². The molecular weight excluding hydrogens is 222 g/mol. The quantitative estimate of drug-likeness (QED) is 0.881. The zero-order valence-electron chi connectivity index (χ0n) is 9.42. The zero-order chi connectivity index (χ0) is 11.4. The molecule has 0 radical (unpaired) electrons. The van der Waals surface area contributed by atoms with Gasteiger partial charge in [0.05, 0.1) is 0 Å². The lowest BCUT2D eigenvalue weighted by atomic mass is 9.72. The minimum Gasteiger partial charge on any atom is -0.381 e. The molecule has 16 heavy (non-hydrogen) atoms. The van der Waals surface area contributed by atoms with Crippen molar-refractivity contribution in [3.63, 3.8) is 0 Å². The molecule has 1 heterocycles. The Bertz CT molecular complexity index is 342. The summed E-state index contributed by atoms with van der Waals surface area (Å²) in [6.07, 6.45) is 3.10. The van der Waals surface area contributed by atoms with Crippen LogP contribution in [0.4, 0.5) is 0 Å². The van der Waals surface area contributed by atoms with Gasteiger partial charge in [-0.05, 0) is 43.5 Å². The van der Waals surface area contributed by atoms with Crippen LogP contribution in [0.3, 0.4) is 0 Å². The first-order valence-corrected chi connectivity index (χ1v) is 6.18. The molecule has 0 atom stereocenters. The van der Waals surface area contributed by atoms with Gasteiger partial charge in [-0.1, -0.05) is 23.7 Å². The van der Waals surface area contributed by atoms with E-state index in [2.05, 4.69) is 12.1 Å². The first-order valence-electron chi connectivity index (χ1n) is 5.81. The molecule has 1 aromatic carbocycles. The molecule has 2 rings (SSSR count). The second-order valence-corrected chi connectivity index (χ2v) is 4.88. The number of halogens is 1. The van der Waals surface area contributed by atoms with Crippen LogP contribution in [-0.2, 0) is 10.2 Å². The Labute approximate surface area is 102 Å². The lowest BCUT2D eigenvalue weighted by Gasteiger charge is -2.37. The van der Waals surface area contributed by atoms with Crippen LogP contribution in [0.5, 0.6) is 0 Å². The fourth-order valence-electron chi connectivity index (χ4n) is 2.54. The zero-order valence-corrected chi connectivity index (χ0v) is 10.2. The Hall–Kier alpha value is -0.570. The van der Waals surface area contributed by atoms with Gasteiger partial charge in [0.15, 0.2) is 0 Å². The van der Waals surface area contributed by atoms with Gasteiger partial charge in [0.1, 0.15) is 0 Å². The summed E-state index contributed by atoms with van der Waals surface area (Å²) < 4.78 is 5.45. The minimum absolute atomic E-state index is 0.178. The topological polar surface area (TPSA) is 35.2 Å². The van der Waals surface area contributed by atoms with E-state index in [1.807, 2.05) is 12.1 Å². The lowest BCUT2D eigenvalue weighted by Crippen LogP contribution is -2.35. The Balaban J connectivity index is 2.30. The first kappa shape index (κ1) is 11.9. The maximum Gasteiger partial charge on any atom is 0.0474 e. The van der Waals surface area contributed by atoms with Gasteiger partial charge >= 0.3 is 0 Å². The molecule has 0 aliphatic carbocycles. The Morgan fingerprint density at radius 3 is 2.69 bits per heavy atom. The highest BCUT2D eigenvalue weighted by Crippen LogP contribution is 2.38. The number of rotatable bonds is 3. The molecular formula is C13H18ClNO. The number of hydrogen-bond acceptors (Lipinski definition) is 2. The van der Waals surface area contributed by atoms with Crippen LogP contribution in [0, 0.1) is 0 Å². The standard InChI is InChI=1S/C13H18ClNO/c14-12-3-1-2-11(10-12)13(4-7-15)5-8-16-9-6-13/h1-3,10H,4-9,15H2. The van der Waals surface area contributed by atoms with Gasteiger partial charge in [-0.25, -0.2) is 0 Å². The van der Waals surface area contributed by atoms with Crippen molar-refractivity contribution in [2.45, 2.75) is 24.7 Å². The smallest absolute Gasteiger partial charge is 0.0474 e. The van der Waals surface area contributed by atoms with Crippen molar-refractivity contribution in [1.82, 2.24) is 0 Å². The average molecular weight is 240 g/mol. The molecule has 1 saturated heterocycles. The third kappa shape index (κ3) is 2.40. The van der Waals surface area contributed by atoms with E-state index >= 15 is 0 Å². The molecule has 0 unspecified atom stereocenters. The lowest BCUT2D eigenvalue weighted by molar-refractivity contribution is 0.0477. The van der Waals surface area contributed by atoms with E-state index in [0.717, 1.165) is 37.5 Å². The highest BCUT2D eigenvalue weighted by atomic mass is 35.5. The molecule has 0 spiro atoms. The molecule has 0 amide bonds. The minimum atomic E-state index is 0.178. The Kier molecular flexibility index (Phi) is 3.85. The van der Waals surface area contributed by atoms with E-state index in [4.69, 9.17) is 22.1 Å². The third-order valence-corrected chi connectivity index (χ3v) is 3.74. The molecule has 88 valence electrons. The highest BCUT2D eigenvalue weighted by molar-refractivity contribution is 6.30. The van der Waals surface area contributed by atoms with Crippen LogP contribution < -0.4 is 5.73 Å². The molecule has 1 aliphatic heterocycles. The second kappa shape index (κ2) is 5.17. The summed E-state index contributed by atoms with van der Waals surface area (Å²) >= 11 is 6.06. The van der Waals surface area contributed by atoms with Crippen molar-refractivity contribution in [2.24, 2.45) is 5.73 Å². The van der Waals surface area contributed by atoms with Crippen molar-refractivity contribution in [3.8, 4) is 0 Å². The number of benzene rings is 1. The largest absolute Gasteiger partial charge is 0.381 e. The summed E-state index contributed by atoms with van der Waals surface area (Å²) in [5.41, 5.74) is 7.24. The van der Waals surface area contributed by atoms with Crippen LogP contribution in [0.15, 0.2) is 24.3 Å². The van der Waals surface area contributed by atoms with E-state index in [9.17, 15) is 0 Å².